The summed E-state index contributed by atoms with van der Waals surface area (Å²) < 4.78 is 0.904. The van der Waals surface area contributed by atoms with Crippen LogP contribution in [0.2, 0.25) is 0 Å². The molecule has 4 rings (SSSR count). The fraction of sp³-hybridized carbons (Fsp3) is 0. The normalized spacial score (nSPS) is 11.1. The number of thiophene rings is 1. The number of nitriles is 1. The first-order valence-corrected chi connectivity index (χ1v) is 11.4. The van der Waals surface area contributed by atoms with Crippen molar-refractivity contribution in [1.29, 1.82) is 5.26 Å². The van der Waals surface area contributed by atoms with Gasteiger partial charge in [0.05, 0.1) is 5.57 Å². The van der Waals surface area contributed by atoms with Crippen LogP contribution in [0.4, 0.5) is 5.00 Å². The van der Waals surface area contributed by atoms with Gasteiger partial charge in [0.1, 0.15) is 21.8 Å². The Kier molecular flexibility index (Phi) is 6.19. The average molecular weight is 492 g/mol. The van der Waals surface area contributed by atoms with Crippen LogP contribution in [0.3, 0.4) is 0 Å². The van der Waals surface area contributed by atoms with Gasteiger partial charge in [-0.15, -0.1) is 11.3 Å². The highest BCUT2D eigenvalue weighted by Crippen LogP contribution is 2.37. The Morgan fingerprint density at radius 2 is 1.83 bits per heavy atom. The second-order valence-corrected chi connectivity index (χ2v) is 9.10. The second kappa shape index (κ2) is 9.18. The molecule has 2 heterocycles. The van der Waals surface area contributed by atoms with Crippen LogP contribution in [0.15, 0.2) is 76.6 Å². The highest BCUT2D eigenvalue weighted by Gasteiger charge is 2.18. The highest BCUT2D eigenvalue weighted by molar-refractivity contribution is 9.10. The number of thiazole rings is 1. The van der Waals surface area contributed by atoms with Crippen molar-refractivity contribution in [2.24, 2.45) is 0 Å². The van der Waals surface area contributed by atoms with Crippen molar-refractivity contribution in [3.63, 3.8) is 0 Å². The van der Waals surface area contributed by atoms with Gasteiger partial charge in [0.25, 0.3) is 5.91 Å². The van der Waals surface area contributed by atoms with Crippen molar-refractivity contribution in [3.05, 3.63) is 92.0 Å². The molecule has 0 bridgehead atoms. The van der Waals surface area contributed by atoms with Gasteiger partial charge >= 0.3 is 0 Å². The summed E-state index contributed by atoms with van der Waals surface area (Å²) in [4.78, 5) is 18.5. The van der Waals surface area contributed by atoms with E-state index >= 15 is 0 Å². The first-order chi connectivity index (χ1) is 14.6. The van der Waals surface area contributed by atoms with Crippen LogP contribution < -0.4 is 5.32 Å². The SMILES string of the molecule is N#CC(=Cc1cccs1)c1nc(-c2ccccc2)c(NC(=O)c2ccc(Br)cc2)s1. The van der Waals surface area contributed by atoms with E-state index in [-0.39, 0.29) is 5.91 Å². The molecule has 0 saturated carbocycles. The number of nitrogens with zero attached hydrogens (tertiary/aromatic N) is 2. The molecular formula is C23H14BrN3OS2. The molecule has 2 aromatic carbocycles. The predicted molar refractivity (Wildman–Crippen MR) is 127 cm³/mol. The van der Waals surface area contributed by atoms with E-state index in [0.717, 1.165) is 14.9 Å². The Bertz CT molecular complexity index is 1240. The zero-order valence-electron chi connectivity index (χ0n) is 15.5. The number of anilines is 1. The number of rotatable bonds is 5. The second-order valence-electron chi connectivity index (χ2n) is 6.21. The summed E-state index contributed by atoms with van der Waals surface area (Å²) in [5.74, 6) is -0.226. The zero-order chi connectivity index (χ0) is 20.9. The number of amides is 1. The Morgan fingerprint density at radius 3 is 2.50 bits per heavy atom. The lowest BCUT2D eigenvalue weighted by Gasteiger charge is -2.05. The number of hydrogen-bond donors (Lipinski definition) is 1. The quantitative estimate of drug-likeness (QED) is 0.307. The largest absolute Gasteiger partial charge is 0.312 e. The summed E-state index contributed by atoms with van der Waals surface area (Å²) in [7, 11) is 0. The molecule has 0 radical (unpaired) electrons. The first-order valence-electron chi connectivity index (χ1n) is 8.93. The van der Waals surface area contributed by atoms with Crippen LogP contribution >= 0.6 is 38.6 Å². The lowest BCUT2D eigenvalue weighted by molar-refractivity contribution is 0.102. The van der Waals surface area contributed by atoms with Crippen molar-refractivity contribution in [1.82, 2.24) is 4.98 Å². The van der Waals surface area contributed by atoms with Gasteiger partial charge in [0.2, 0.25) is 0 Å². The molecule has 0 atom stereocenters. The predicted octanol–water partition coefficient (Wildman–Crippen LogP) is 6.95. The number of aromatic nitrogens is 1. The minimum absolute atomic E-state index is 0.226. The number of carbonyl (C=O) groups excluding carboxylic acids is 1. The summed E-state index contributed by atoms with van der Waals surface area (Å²) in [5, 5.41) is 15.8. The van der Waals surface area contributed by atoms with Crippen molar-refractivity contribution < 1.29 is 4.79 Å². The standard InChI is InChI=1S/C23H14BrN3OS2/c24-18-10-8-16(9-11-18)21(28)27-23-20(15-5-2-1-3-6-15)26-22(30-23)17(14-25)13-19-7-4-12-29-19/h1-13H,(H,27,28). The minimum Gasteiger partial charge on any atom is -0.312 e. The molecule has 7 heteroatoms. The molecule has 30 heavy (non-hydrogen) atoms. The molecule has 0 unspecified atom stereocenters. The third kappa shape index (κ3) is 4.57. The molecule has 4 aromatic rings. The van der Waals surface area contributed by atoms with Crippen LogP contribution in [-0.4, -0.2) is 10.9 Å². The fourth-order valence-corrected chi connectivity index (χ4v) is 4.62. The number of halogens is 1. The van der Waals surface area contributed by atoms with E-state index in [1.165, 1.54) is 11.3 Å². The molecule has 0 spiro atoms. The highest BCUT2D eigenvalue weighted by atomic mass is 79.9. The van der Waals surface area contributed by atoms with Crippen molar-refractivity contribution >= 4 is 61.2 Å². The van der Waals surface area contributed by atoms with Crippen LogP contribution in [0, 0.1) is 11.3 Å². The van der Waals surface area contributed by atoms with E-state index in [1.807, 2.05) is 66.1 Å². The number of carbonyl (C=O) groups is 1. The summed E-state index contributed by atoms with van der Waals surface area (Å²) in [6.45, 7) is 0. The summed E-state index contributed by atoms with van der Waals surface area (Å²) in [6, 6.07) is 22.9. The number of hydrogen-bond acceptors (Lipinski definition) is 5. The van der Waals surface area contributed by atoms with Crippen molar-refractivity contribution in [3.8, 4) is 17.3 Å². The Hall–Kier alpha value is -3.05. The summed E-state index contributed by atoms with van der Waals surface area (Å²) in [5.41, 5.74) is 2.53. The van der Waals surface area contributed by atoms with Gasteiger partial charge in [-0.2, -0.15) is 5.26 Å². The van der Waals surface area contributed by atoms with Crippen LogP contribution in [0.1, 0.15) is 20.2 Å². The number of allylic oxidation sites excluding steroid dienone is 1. The molecule has 1 amide bonds. The molecule has 0 saturated heterocycles. The Labute approximate surface area is 190 Å². The van der Waals surface area contributed by atoms with E-state index in [2.05, 4.69) is 27.3 Å². The van der Waals surface area contributed by atoms with E-state index in [9.17, 15) is 10.1 Å². The number of benzene rings is 2. The molecular weight excluding hydrogens is 478 g/mol. The lowest BCUT2D eigenvalue weighted by atomic mass is 10.1. The molecule has 0 aliphatic rings. The fourth-order valence-electron chi connectivity index (χ4n) is 2.75. The van der Waals surface area contributed by atoms with E-state index in [1.54, 1.807) is 23.5 Å². The number of nitrogens with one attached hydrogen (secondary N) is 1. The minimum atomic E-state index is -0.226. The van der Waals surface area contributed by atoms with Crippen LogP contribution in [0.5, 0.6) is 0 Å². The monoisotopic (exact) mass is 491 g/mol. The van der Waals surface area contributed by atoms with Crippen molar-refractivity contribution in [2.45, 2.75) is 0 Å². The maximum atomic E-state index is 12.8. The van der Waals surface area contributed by atoms with Gasteiger partial charge in [-0.3, -0.25) is 4.79 Å². The summed E-state index contributed by atoms with van der Waals surface area (Å²) in [6.07, 6.45) is 1.82. The summed E-state index contributed by atoms with van der Waals surface area (Å²) >= 11 is 6.23. The lowest BCUT2D eigenvalue weighted by Crippen LogP contribution is -2.11. The average Bonchev–Trinajstić information content (AvgIpc) is 3.43. The van der Waals surface area contributed by atoms with Gasteiger partial charge < -0.3 is 5.32 Å². The molecule has 146 valence electrons. The van der Waals surface area contributed by atoms with Gasteiger partial charge in [0.15, 0.2) is 0 Å². The van der Waals surface area contributed by atoms with Gasteiger partial charge in [0, 0.05) is 20.5 Å². The Balaban J connectivity index is 1.74. The van der Waals surface area contributed by atoms with Gasteiger partial charge in [-0.05, 0) is 41.8 Å². The van der Waals surface area contributed by atoms with Crippen LogP contribution in [-0.2, 0) is 0 Å². The van der Waals surface area contributed by atoms with Crippen LogP contribution in [0.25, 0.3) is 22.9 Å². The maximum absolute atomic E-state index is 12.8. The smallest absolute Gasteiger partial charge is 0.256 e. The first kappa shape index (κ1) is 20.2. The maximum Gasteiger partial charge on any atom is 0.256 e. The zero-order valence-corrected chi connectivity index (χ0v) is 18.7. The van der Waals surface area contributed by atoms with Gasteiger partial charge in [-0.25, -0.2) is 4.98 Å². The Morgan fingerprint density at radius 1 is 1.07 bits per heavy atom. The van der Waals surface area contributed by atoms with E-state index in [0.29, 0.717) is 26.8 Å². The van der Waals surface area contributed by atoms with E-state index in [4.69, 9.17) is 4.98 Å². The molecule has 4 nitrogen and oxygen atoms in total. The third-order valence-electron chi connectivity index (χ3n) is 4.19. The van der Waals surface area contributed by atoms with Gasteiger partial charge in [-0.1, -0.05) is 63.7 Å². The van der Waals surface area contributed by atoms with E-state index < -0.39 is 0 Å². The molecule has 2 aromatic heterocycles. The molecule has 0 fully saturated rings. The van der Waals surface area contributed by atoms with Crippen molar-refractivity contribution in [2.75, 3.05) is 5.32 Å². The molecule has 0 aliphatic heterocycles. The molecule has 1 N–H and O–H groups in total. The molecule has 0 aliphatic carbocycles. The third-order valence-corrected chi connectivity index (χ3v) is 6.54. The topological polar surface area (TPSA) is 65.8 Å².